The summed E-state index contributed by atoms with van der Waals surface area (Å²) in [5.74, 6) is 0. The van der Waals surface area contributed by atoms with Crippen LogP contribution in [0.2, 0.25) is 0 Å². The standard InChI is InChI=1S/C8H10F3N/c1-4-6(8(9,10)11)7(5-2)12-3/h4-5,12H,1-2H2,3H3/b7-6-. The smallest absolute Gasteiger partial charge is 0.388 e. The van der Waals surface area contributed by atoms with E-state index >= 15 is 0 Å². The molecular formula is C8H10F3N. The summed E-state index contributed by atoms with van der Waals surface area (Å²) in [6.07, 6.45) is -2.52. The third-order valence-electron chi connectivity index (χ3n) is 1.27. The Bertz CT molecular complexity index is 213. The molecule has 0 saturated carbocycles. The van der Waals surface area contributed by atoms with E-state index in [0.29, 0.717) is 0 Å². The molecule has 68 valence electrons. The molecule has 0 bridgehead atoms. The second kappa shape index (κ2) is 3.99. The number of allylic oxidation sites excluding steroid dienone is 3. The van der Waals surface area contributed by atoms with E-state index in [-0.39, 0.29) is 5.70 Å². The fourth-order valence-electron chi connectivity index (χ4n) is 0.725. The van der Waals surface area contributed by atoms with Crippen molar-refractivity contribution in [3.05, 3.63) is 36.6 Å². The third kappa shape index (κ3) is 2.45. The Hall–Kier alpha value is -1.19. The lowest BCUT2D eigenvalue weighted by Crippen LogP contribution is -2.17. The number of likely N-dealkylation sites (N-methyl/N-ethyl adjacent to an activating group) is 1. The number of nitrogens with one attached hydrogen (secondary N) is 1. The zero-order valence-corrected chi connectivity index (χ0v) is 6.70. The zero-order valence-electron chi connectivity index (χ0n) is 6.70. The molecule has 0 unspecified atom stereocenters. The predicted octanol–water partition coefficient (Wildman–Crippen LogP) is 2.39. The molecule has 12 heavy (non-hydrogen) atoms. The van der Waals surface area contributed by atoms with E-state index in [1.54, 1.807) is 0 Å². The average molecular weight is 177 g/mol. The van der Waals surface area contributed by atoms with Gasteiger partial charge >= 0.3 is 6.18 Å². The Balaban J connectivity index is 5.09. The normalized spacial score (nSPS) is 13.3. The number of hydrogen-bond donors (Lipinski definition) is 1. The summed E-state index contributed by atoms with van der Waals surface area (Å²) in [5, 5.41) is 2.38. The minimum atomic E-state index is -4.38. The lowest BCUT2D eigenvalue weighted by molar-refractivity contribution is -0.0890. The Labute approximate surface area is 69.3 Å². The topological polar surface area (TPSA) is 12.0 Å². The van der Waals surface area contributed by atoms with E-state index in [0.717, 1.165) is 12.2 Å². The lowest BCUT2D eigenvalue weighted by Gasteiger charge is -2.11. The van der Waals surface area contributed by atoms with Crippen LogP contribution in [0.4, 0.5) is 13.2 Å². The molecule has 0 aromatic rings. The molecule has 0 aromatic carbocycles. The van der Waals surface area contributed by atoms with Gasteiger partial charge in [-0.25, -0.2) is 0 Å². The molecule has 0 spiro atoms. The molecule has 1 N–H and O–H groups in total. The van der Waals surface area contributed by atoms with Gasteiger partial charge in [0.1, 0.15) is 0 Å². The van der Waals surface area contributed by atoms with Crippen molar-refractivity contribution in [1.29, 1.82) is 0 Å². The lowest BCUT2D eigenvalue weighted by atomic mass is 10.2. The van der Waals surface area contributed by atoms with Crippen molar-refractivity contribution in [1.82, 2.24) is 5.32 Å². The molecule has 1 nitrogen and oxygen atoms in total. The van der Waals surface area contributed by atoms with Crippen molar-refractivity contribution in [2.75, 3.05) is 7.05 Å². The van der Waals surface area contributed by atoms with Crippen LogP contribution in [0.25, 0.3) is 0 Å². The summed E-state index contributed by atoms with van der Waals surface area (Å²) < 4.78 is 36.4. The highest BCUT2D eigenvalue weighted by Gasteiger charge is 2.33. The summed E-state index contributed by atoms with van der Waals surface area (Å²) in [6.45, 7) is 6.32. The second-order valence-corrected chi connectivity index (χ2v) is 1.98. The van der Waals surface area contributed by atoms with Gasteiger partial charge in [-0.15, -0.1) is 0 Å². The van der Waals surface area contributed by atoms with Crippen LogP contribution in [0.5, 0.6) is 0 Å². The van der Waals surface area contributed by atoms with Crippen LogP contribution >= 0.6 is 0 Å². The largest absolute Gasteiger partial charge is 0.418 e. The fraction of sp³-hybridized carbons (Fsp3) is 0.250. The Kier molecular flexibility index (Phi) is 3.60. The summed E-state index contributed by atoms with van der Waals surface area (Å²) in [4.78, 5) is 0. The first-order chi connectivity index (χ1) is 5.47. The first kappa shape index (κ1) is 10.8. The maximum atomic E-state index is 12.1. The molecule has 0 aromatic heterocycles. The number of hydrogen-bond acceptors (Lipinski definition) is 1. The molecule has 0 amide bonds. The average Bonchev–Trinajstić information content (AvgIpc) is 1.97. The van der Waals surface area contributed by atoms with Crippen LogP contribution in [0.15, 0.2) is 36.6 Å². The molecule has 4 heteroatoms. The van der Waals surface area contributed by atoms with Crippen molar-refractivity contribution in [3.8, 4) is 0 Å². The molecule has 0 aliphatic heterocycles. The highest BCUT2D eigenvalue weighted by atomic mass is 19.4. The predicted molar refractivity (Wildman–Crippen MR) is 42.5 cm³/mol. The minimum absolute atomic E-state index is 0.0718. The molecule has 0 rings (SSSR count). The van der Waals surface area contributed by atoms with Crippen LogP contribution in [0.1, 0.15) is 0 Å². The monoisotopic (exact) mass is 177 g/mol. The van der Waals surface area contributed by atoms with Gasteiger partial charge in [0.05, 0.1) is 5.57 Å². The number of rotatable bonds is 3. The van der Waals surface area contributed by atoms with Crippen LogP contribution < -0.4 is 5.32 Å². The fourth-order valence-corrected chi connectivity index (χ4v) is 0.725. The van der Waals surface area contributed by atoms with E-state index in [1.807, 2.05) is 0 Å². The SMILES string of the molecule is C=C/C(NC)=C(\C=C)C(F)(F)F. The Morgan fingerprint density at radius 3 is 1.83 bits per heavy atom. The van der Waals surface area contributed by atoms with Crippen molar-refractivity contribution in [2.45, 2.75) is 6.18 Å². The van der Waals surface area contributed by atoms with Crippen molar-refractivity contribution >= 4 is 0 Å². The van der Waals surface area contributed by atoms with Gasteiger partial charge in [-0.05, 0) is 6.08 Å². The van der Waals surface area contributed by atoms with Gasteiger partial charge < -0.3 is 5.32 Å². The number of halogens is 3. The summed E-state index contributed by atoms with van der Waals surface area (Å²) in [5.41, 5.74) is -0.877. The van der Waals surface area contributed by atoms with Crippen molar-refractivity contribution in [2.24, 2.45) is 0 Å². The van der Waals surface area contributed by atoms with Crippen LogP contribution in [-0.4, -0.2) is 13.2 Å². The second-order valence-electron chi connectivity index (χ2n) is 1.98. The summed E-state index contributed by atoms with van der Waals surface area (Å²) in [6, 6.07) is 0. The van der Waals surface area contributed by atoms with Gasteiger partial charge in [0.2, 0.25) is 0 Å². The molecular weight excluding hydrogens is 167 g/mol. The molecule has 0 heterocycles. The van der Waals surface area contributed by atoms with Crippen molar-refractivity contribution < 1.29 is 13.2 Å². The van der Waals surface area contributed by atoms with Gasteiger partial charge in [-0.1, -0.05) is 19.2 Å². The highest BCUT2D eigenvalue weighted by molar-refractivity contribution is 5.33. The van der Waals surface area contributed by atoms with Crippen LogP contribution in [-0.2, 0) is 0 Å². The van der Waals surface area contributed by atoms with E-state index in [9.17, 15) is 13.2 Å². The number of alkyl halides is 3. The van der Waals surface area contributed by atoms with E-state index in [1.165, 1.54) is 7.05 Å². The maximum Gasteiger partial charge on any atom is 0.418 e. The van der Waals surface area contributed by atoms with Crippen LogP contribution in [0, 0.1) is 0 Å². The van der Waals surface area contributed by atoms with Gasteiger partial charge in [0.15, 0.2) is 0 Å². The summed E-state index contributed by atoms with van der Waals surface area (Å²) >= 11 is 0. The Morgan fingerprint density at radius 1 is 1.25 bits per heavy atom. The zero-order chi connectivity index (χ0) is 9.78. The molecule has 0 aliphatic rings. The van der Waals surface area contributed by atoms with E-state index in [4.69, 9.17) is 0 Å². The molecule has 0 saturated heterocycles. The first-order valence-electron chi connectivity index (χ1n) is 3.21. The molecule has 0 radical (unpaired) electrons. The minimum Gasteiger partial charge on any atom is -0.388 e. The van der Waals surface area contributed by atoms with E-state index in [2.05, 4.69) is 18.5 Å². The third-order valence-corrected chi connectivity index (χ3v) is 1.27. The summed E-state index contributed by atoms with van der Waals surface area (Å²) in [7, 11) is 1.40. The molecule has 0 fully saturated rings. The maximum absolute atomic E-state index is 12.1. The quantitative estimate of drug-likeness (QED) is 0.652. The molecule has 0 atom stereocenters. The molecule has 0 aliphatic carbocycles. The van der Waals surface area contributed by atoms with Gasteiger partial charge in [-0.3, -0.25) is 0 Å². The van der Waals surface area contributed by atoms with Gasteiger partial charge in [0.25, 0.3) is 0 Å². The van der Waals surface area contributed by atoms with Crippen molar-refractivity contribution in [3.63, 3.8) is 0 Å². The first-order valence-corrected chi connectivity index (χ1v) is 3.21. The Morgan fingerprint density at radius 2 is 1.75 bits per heavy atom. The highest BCUT2D eigenvalue weighted by Crippen LogP contribution is 2.28. The van der Waals surface area contributed by atoms with Crippen LogP contribution in [0.3, 0.4) is 0 Å². The van der Waals surface area contributed by atoms with E-state index < -0.39 is 11.7 Å². The van der Waals surface area contributed by atoms with Gasteiger partial charge in [-0.2, -0.15) is 13.2 Å². The van der Waals surface area contributed by atoms with Gasteiger partial charge in [0, 0.05) is 12.7 Å².